The van der Waals surface area contributed by atoms with Crippen molar-refractivity contribution in [1.82, 2.24) is 0 Å². The Morgan fingerprint density at radius 1 is 1.26 bits per heavy atom. The fourth-order valence-corrected chi connectivity index (χ4v) is 3.98. The monoisotopic (exact) mass is 331 g/mol. The molecule has 1 aromatic heterocycles. The zero-order valence-electron chi connectivity index (χ0n) is 9.85. The lowest BCUT2D eigenvalue weighted by atomic mass is 10.2. The Morgan fingerprint density at radius 3 is 2.58 bits per heavy atom. The van der Waals surface area contributed by atoms with E-state index in [-0.39, 0.29) is 0 Å². The second-order valence-corrected chi connectivity index (χ2v) is 7.03. The largest absolute Gasteiger partial charge is 0.411 e. The van der Waals surface area contributed by atoms with Crippen LogP contribution in [-0.2, 0) is 5.75 Å². The van der Waals surface area contributed by atoms with Gasteiger partial charge in [0.05, 0.1) is 10.0 Å². The molecule has 0 fully saturated rings. The highest BCUT2D eigenvalue weighted by atomic mass is 35.5. The molecule has 1 heterocycles. The van der Waals surface area contributed by atoms with Gasteiger partial charge in [-0.1, -0.05) is 58.7 Å². The minimum atomic E-state index is 0.550. The van der Waals surface area contributed by atoms with Crippen LogP contribution in [0.4, 0.5) is 0 Å². The summed E-state index contributed by atoms with van der Waals surface area (Å²) < 4.78 is 1.15. The lowest BCUT2D eigenvalue weighted by molar-refractivity contribution is 0.319. The molecule has 0 saturated carbocycles. The fourth-order valence-electron chi connectivity index (χ4n) is 1.54. The summed E-state index contributed by atoms with van der Waals surface area (Å²) in [4.78, 5) is 0. The molecule has 0 aliphatic rings. The molecule has 1 aromatic carbocycles. The van der Waals surface area contributed by atoms with Gasteiger partial charge in [0.15, 0.2) is 0 Å². The molecule has 0 bridgehead atoms. The van der Waals surface area contributed by atoms with E-state index in [2.05, 4.69) is 17.3 Å². The maximum absolute atomic E-state index is 9.09. The Bertz CT molecular complexity index is 569. The molecule has 100 valence electrons. The van der Waals surface area contributed by atoms with Crippen molar-refractivity contribution in [3.8, 4) is 0 Å². The third-order valence-electron chi connectivity index (χ3n) is 2.44. The minimum Gasteiger partial charge on any atom is -0.411 e. The number of benzene rings is 1. The van der Waals surface area contributed by atoms with Crippen molar-refractivity contribution in [1.29, 1.82) is 0 Å². The van der Waals surface area contributed by atoms with Gasteiger partial charge in [-0.05, 0) is 11.6 Å². The van der Waals surface area contributed by atoms with Gasteiger partial charge in [-0.15, -0.1) is 11.3 Å². The maximum atomic E-state index is 9.09. The summed E-state index contributed by atoms with van der Waals surface area (Å²) in [6.45, 7) is 0. The lowest BCUT2D eigenvalue weighted by Crippen LogP contribution is -2.04. The molecular weight excluding hydrogens is 321 g/mol. The summed E-state index contributed by atoms with van der Waals surface area (Å²) in [6, 6.07) is 11.9. The second-order valence-electron chi connectivity index (χ2n) is 3.76. The number of nitrogens with zero attached hydrogens (tertiary/aromatic N) is 1. The quantitative estimate of drug-likeness (QED) is 0.466. The Hall–Kier alpha value is -0.680. The van der Waals surface area contributed by atoms with Crippen LogP contribution in [0.3, 0.4) is 0 Å². The van der Waals surface area contributed by atoms with E-state index in [1.54, 1.807) is 17.8 Å². The summed E-state index contributed by atoms with van der Waals surface area (Å²) >= 11 is 14.9. The Morgan fingerprint density at radius 2 is 2.00 bits per heavy atom. The summed E-state index contributed by atoms with van der Waals surface area (Å²) in [5, 5.41) is 12.4. The number of hydrogen-bond acceptors (Lipinski definition) is 4. The van der Waals surface area contributed by atoms with Gasteiger partial charge >= 0.3 is 0 Å². The molecule has 0 spiro atoms. The predicted molar refractivity (Wildman–Crippen MR) is 85.3 cm³/mol. The molecule has 2 nitrogen and oxygen atoms in total. The van der Waals surface area contributed by atoms with Crippen molar-refractivity contribution in [2.24, 2.45) is 5.16 Å². The molecule has 0 unspecified atom stereocenters. The van der Waals surface area contributed by atoms with Crippen LogP contribution in [0, 0.1) is 0 Å². The highest BCUT2D eigenvalue weighted by Crippen LogP contribution is 2.32. The molecule has 0 aliphatic heterocycles. The fraction of sp³-hybridized carbons (Fsp3) is 0.154. The van der Waals surface area contributed by atoms with E-state index in [1.165, 1.54) is 16.9 Å². The van der Waals surface area contributed by atoms with Crippen molar-refractivity contribution in [2.45, 2.75) is 5.75 Å². The summed E-state index contributed by atoms with van der Waals surface area (Å²) in [5.41, 5.74) is 2.49. The Kier molecular flexibility index (Phi) is 5.58. The Balaban J connectivity index is 1.96. The first kappa shape index (κ1) is 14.7. The predicted octanol–water partition coefficient (Wildman–Crippen LogP) is 5.17. The third-order valence-corrected chi connectivity index (χ3v) is 4.94. The van der Waals surface area contributed by atoms with Crippen LogP contribution in [0.5, 0.6) is 0 Å². The SMILES string of the molecule is O/N=C(/CSCc1ccccc1)c1cc(Cl)sc1Cl. The molecule has 0 amide bonds. The van der Waals surface area contributed by atoms with Gasteiger partial charge in [0.1, 0.15) is 4.34 Å². The number of thiophene rings is 1. The van der Waals surface area contributed by atoms with Crippen LogP contribution in [0.15, 0.2) is 41.6 Å². The van der Waals surface area contributed by atoms with Crippen LogP contribution in [0.1, 0.15) is 11.1 Å². The van der Waals surface area contributed by atoms with Gasteiger partial charge in [-0.25, -0.2) is 0 Å². The molecule has 0 saturated heterocycles. The van der Waals surface area contributed by atoms with E-state index in [9.17, 15) is 0 Å². The van der Waals surface area contributed by atoms with Crippen molar-refractivity contribution < 1.29 is 5.21 Å². The molecule has 1 N–H and O–H groups in total. The zero-order valence-corrected chi connectivity index (χ0v) is 13.0. The first-order valence-corrected chi connectivity index (χ1v) is 8.21. The number of halogens is 2. The molecule has 2 rings (SSSR count). The van der Waals surface area contributed by atoms with Gasteiger partial charge < -0.3 is 5.21 Å². The van der Waals surface area contributed by atoms with Crippen molar-refractivity contribution >= 4 is 52.0 Å². The average Bonchev–Trinajstić information content (AvgIpc) is 2.75. The van der Waals surface area contributed by atoms with Crippen molar-refractivity contribution in [3.05, 3.63) is 56.2 Å². The van der Waals surface area contributed by atoms with Gasteiger partial charge in [-0.3, -0.25) is 0 Å². The van der Waals surface area contributed by atoms with E-state index < -0.39 is 0 Å². The molecular formula is C13H11Cl2NOS2. The van der Waals surface area contributed by atoms with Crippen LogP contribution >= 0.6 is 46.3 Å². The molecule has 0 atom stereocenters. The van der Waals surface area contributed by atoms with E-state index in [0.29, 0.717) is 25.7 Å². The average molecular weight is 332 g/mol. The van der Waals surface area contributed by atoms with E-state index in [1.807, 2.05) is 18.2 Å². The van der Waals surface area contributed by atoms with E-state index >= 15 is 0 Å². The molecule has 0 aliphatic carbocycles. The minimum absolute atomic E-state index is 0.550. The van der Waals surface area contributed by atoms with Gasteiger partial charge in [-0.2, -0.15) is 11.8 Å². The van der Waals surface area contributed by atoms with E-state index in [4.69, 9.17) is 28.4 Å². The second kappa shape index (κ2) is 7.20. The van der Waals surface area contributed by atoms with Gasteiger partial charge in [0, 0.05) is 17.1 Å². The zero-order chi connectivity index (χ0) is 13.7. The summed E-state index contributed by atoms with van der Waals surface area (Å²) in [7, 11) is 0. The Labute approximate surface area is 130 Å². The lowest BCUT2D eigenvalue weighted by Gasteiger charge is -2.03. The van der Waals surface area contributed by atoms with Crippen molar-refractivity contribution in [3.63, 3.8) is 0 Å². The topological polar surface area (TPSA) is 32.6 Å². The van der Waals surface area contributed by atoms with Crippen LogP contribution < -0.4 is 0 Å². The standard InChI is InChI=1S/C13H11Cl2NOS2/c14-12-6-10(13(15)19-12)11(16-17)8-18-7-9-4-2-1-3-5-9/h1-6,17H,7-8H2/b16-11-. The van der Waals surface area contributed by atoms with Crippen LogP contribution in [-0.4, -0.2) is 16.7 Å². The van der Waals surface area contributed by atoms with E-state index in [0.717, 1.165) is 5.75 Å². The molecule has 6 heteroatoms. The highest BCUT2D eigenvalue weighted by molar-refractivity contribution is 7.99. The van der Waals surface area contributed by atoms with Gasteiger partial charge in [0.2, 0.25) is 0 Å². The number of thioether (sulfide) groups is 1. The van der Waals surface area contributed by atoms with Crippen LogP contribution in [0.25, 0.3) is 0 Å². The maximum Gasteiger partial charge on any atom is 0.104 e. The highest BCUT2D eigenvalue weighted by Gasteiger charge is 2.13. The first-order chi connectivity index (χ1) is 9.20. The summed E-state index contributed by atoms with van der Waals surface area (Å²) in [6.07, 6.45) is 0. The number of hydrogen-bond donors (Lipinski definition) is 1. The molecule has 19 heavy (non-hydrogen) atoms. The number of oxime groups is 1. The first-order valence-electron chi connectivity index (χ1n) is 5.48. The number of rotatable bonds is 5. The normalized spacial score (nSPS) is 11.8. The summed E-state index contributed by atoms with van der Waals surface area (Å²) in [5.74, 6) is 1.44. The molecule has 2 aromatic rings. The third kappa shape index (κ3) is 4.14. The van der Waals surface area contributed by atoms with Crippen molar-refractivity contribution in [2.75, 3.05) is 5.75 Å². The van der Waals surface area contributed by atoms with Gasteiger partial charge in [0.25, 0.3) is 0 Å². The smallest absolute Gasteiger partial charge is 0.104 e. The molecule has 0 radical (unpaired) electrons. The van der Waals surface area contributed by atoms with Crippen LogP contribution in [0.2, 0.25) is 8.67 Å².